The molecule has 2 N–H and O–H groups in total. The molecule has 1 spiro atoms. The number of aliphatic hydroxyl groups excluding tert-OH is 1. The lowest BCUT2D eigenvalue weighted by molar-refractivity contribution is -0.297. The third-order valence-electron chi connectivity index (χ3n) is 6.55. The first kappa shape index (κ1) is 21.3. The SMILES string of the molecule is CC1CCC2CC3(CC12)OCC(C)(C)CO3.O=CNC(CO)c1ccccc1. The van der Waals surface area contributed by atoms with E-state index in [1.807, 2.05) is 30.3 Å². The second kappa shape index (κ2) is 8.93. The molecule has 156 valence electrons. The molecule has 1 aliphatic heterocycles. The maximum atomic E-state index is 10.1. The van der Waals surface area contributed by atoms with Gasteiger partial charge in [0.05, 0.1) is 25.9 Å². The lowest BCUT2D eigenvalue weighted by atomic mass is 9.92. The van der Waals surface area contributed by atoms with Crippen LogP contribution >= 0.6 is 0 Å². The van der Waals surface area contributed by atoms with Gasteiger partial charge in [-0.2, -0.15) is 0 Å². The molecule has 4 rings (SSSR count). The highest BCUT2D eigenvalue weighted by Crippen LogP contribution is 2.54. The maximum Gasteiger partial charge on any atom is 0.207 e. The van der Waals surface area contributed by atoms with Crippen LogP contribution in [0, 0.1) is 23.2 Å². The number of carbonyl (C=O) groups is 1. The predicted molar refractivity (Wildman–Crippen MR) is 108 cm³/mol. The van der Waals surface area contributed by atoms with Crippen molar-refractivity contribution in [2.75, 3.05) is 19.8 Å². The highest BCUT2D eigenvalue weighted by molar-refractivity contribution is 5.47. The summed E-state index contributed by atoms with van der Waals surface area (Å²) >= 11 is 0. The topological polar surface area (TPSA) is 67.8 Å². The molecule has 2 saturated carbocycles. The van der Waals surface area contributed by atoms with Gasteiger partial charge >= 0.3 is 0 Å². The number of fused-ring (bicyclic) bond motifs is 1. The summed E-state index contributed by atoms with van der Waals surface area (Å²) in [4.78, 5) is 10.1. The smallest absolute Gasteiger partial charge is 0.207 e. The second-order valence-electron chi connectivity index (χ2n) is 9.47. The number of rotatable bonds is 4. The summed E-state index contributed by atoms with van der Waals surface area (Å²) in [7, 11) is 0. The van der Waals surface area contributed by atoms with Crippen LogP contribution in [0.15, 0.2) is 30.3 Å². The van der Waals surface area contributed by atoms with E-state index in [-0.39, 0.29) is 23.9 Å². The van der Waals surface area contributed by atoms with Gasteiger partial charge < -0.3 is 19.9 Å². The molecule has 1 aromatic rings. The Hall–Kier alpha value is -1.43. The van der Waals surface area contributed by atoms with Crippen LogP contribution in [-0.4, -0.2) is 37.1 Å². The van der Waals surface area contributed by atoms with Crippen molar-refractivity contribution in [3.05, 3.63) is 35.9 Å². The Morgan fingerprint density at radius 1 is 1.18 bits per heavy atom. The van der Waals surface area contributed by atoms with Crippen molar-refractivity contribution in [1.29, 1.82) is 0 Å². The van der Waals surface area contributed by atoms with Crippen molar-refractivity contribution in [1.82, 2.24) is 5.32 Å². The predicted octanol–water partition coefficient (Wildman–Crippen LogP) is 3.68. The summed E-state index contributed by atoms with van der Waals surface area (Å²) in [6.07, 6.45) is 5.70. The van der Waals surface area contributed by atoms with Crippen molar-refractivity contribution < 1.29 is 19.4 Å². The van der Waals surface area contributed by atoms with Crippen LogP contribution in [0.1, 0.15) is 58.1 Å². The molecular formula is C23H35NO4. The molecule has 28 heavy (non-hydrogen) atoms. The van der Waals surface area contributed by atoms with Gasteiger partial charge in [-0.25, -0.2) is 0 Å². The molecule has 1 saturated heterocycles. The zero-order valence-electron chi connectivity index (χ0n) is 17.4. The van der Waals surface area contributed by atoms with Crippen molar-refractivity contribution >= 4 is 6.41 Å². The molecule has 5 heteroatoms. The first-order valence-corrected chi connectivity index (χ1v) is 10.5. The Morgan fingerprint density at radius 2 is 1.86 bits per heavy atom. The Bertz CT molecular complexity index is 623. The summed E-state index contributed by atoms with van der Waals surface area (Å²) < 4.78 is 12.2. The van der Waals surface area contributed by atoms with E-state index in [2.05, 4.69) is 26.1 Å². The molecule has 0 aromatic heterocycles. The fourth-order valence-corrected chi connectivity index (χ4v) is 4.83. The number of aliphatic hydroxyl groups is 1. The fraction of sp³-hybridized carbons (Fsp3) is 0.696. The van der Waals surface area contributed by atoms with Crippen LogP contribution in [0.3, 0.4) is 0 Å². The Balaban J connectivity index is 0.000000169. The van der Waals surface area contributed by atoms with E-state index in [1.165, 1.54) is 12.8 Å². The first-order chi connectivity index (χ1) is 13.4. The lowest BCUT2D eigenvalue weighted by Gasteiger charge is -2.42. The average Bonchev–Trinajstić information content (AvgIpc) is 3.22. The molecule has 3 fully saturated rings. The van der Waals surface area contributed by atoms with Crippen molar-refractivity contribution in [2.45, 2.75) is 58.3 Å². The summed E-state index contributed by atoms with van der Waals surface area (Å²) in [5, 5.41) is 11.4. The van der Waals surface area contributed by atoms with Gasteiger partial charge in [-0.1, -0.05) is 57.5 Å². The van der Waals surface area contributed by atoms with E-state index in [1.54, 1.807) is 0 Å². The normalized spacial score (nSPS) is 30.8. The molecule has 2 aliphatic carbocycles. The van der Waals surface area contributed by atoms with E-state index in [0.717, 1.165) is 49.4 Å². The number of amides is 1. The van der Waals surface area contributed by atoms with Crippen LogP contribution in [0.4, 0.5) is 0 Å². The van der Waals surface area contributed by atoms with Gasteiger partial charge in [0.25, 0.3) is 0 Å². The van der Waals surface area contributed by atoms with Crippen LogP contribution in [0.5, 0.6) is 0 Å². The summed E-state index contributed by atoms with van der Waals surface area (Å²) in [5.74, 6) is 2.42. The van der Waals surface area contributed by atoms with Crippen LogP contribution in [0.2, 0.25) is 0 Å². The number of ether oxygens (including phenoxy) is 2. The van der Waals surface area contributed by atoms with E-state index in [0.29, 0.717) is 6.41 Å². The largest absolute Gasteiger partial charge is 0.394 e. The number of hydrogen-bond acceptors (Lipinski definition) is 4. The number of carbonyl (C=O) groups excluding carboxylic acids is 1. The molecule has 0 bridgehead atoms. The molecule has 0 radical (unpaired) electrons. The molecule has 4 atom stereocenters. The minimum absolute atomic E-state index is 0.0806. The van der Waals surface area contributed by atoms with E-state index >= 15 is 0 Å². The quantitative estimate of drug-likeness (QED) is 0.771. The third kappa shape index (κ3) is 4.94. The molecule has 1 amide bonds. The van der Waals surface area contributed by atoms with Gasteiger partial charge in [0.15, 0.2) is 5.79 Å². The summed E-state index contributed by atoms with van der Waals surface area (Å²) in [5.41, 5.74) is 1.11. The van der Waals surface area contributed by atoms with E-state index in [9.17, 15) is 4.79 Å². The van der Waals surface area contributed by atoms with Crippen molar-refractivity contribution in [3.8, 4) is 0 Å². The average molecular weight is 390 g/mol. The fourth-order valence-electron chi connectivity index (χ4n) is 4.83. The van der Waals surface area contributed by atoms with E-state index in [4.69, 9.17) is 14.6 Å². The minimum atomic E-state index is -0.288. The van der Waals surface area contributed by atoms with E-state index < -0.39 is 0 Å². The lowest BCUT2D eigenvalue weighted by Crippen LogP contribution is -2.46. The van der Waals surface area contributed by atoms with Crippen LogP contribution < -0.4 is 5.32 Å². The van der Waals surface area contributed by atoms with Gasteiger partial charge in [-0.15, -0.1) is 0 Å². The van der Waals surface area contributed by atoms with Crippen LogP contribution in [0.25, 0.3) is 0 Å². The second-order valence-corrected chi connectivity index (χ2v) is 9.47. The zero-order valence-corrected chi connectivity index (χ0v) is 17.4. The molecule has 1 aromatic carbocycles. The van der Waals surface area contributed by atoms with Gasteiger partial charge in [0.2, 0.25) is 6.41 Å². The third-order valence-corrected chi connectivity index (χ3v) is 6.55. The molecule has 1 heterocycles. The van der Waals surface area contributed by atoms with Gasteiger partial charge in [0.1, 0.15) is 0 Å². The molecule has 3 aliphatic rings. The summed E-state index contributed by atoms with van der Waals surface area (Å²) in [6, 6.07) is 9.05. The zero-order chi connectivity index (χ0) is 20.2. The Morgan fingerprint density at radius 3 is 2.43 bits per heavy atom. The van der Waals surface area contributed by atoms with Gasteiger partial charge in [-0.3, -0.25) is 4.79 Å². The number of hydrogen-bond donors (Lipinski definition) is 2. The molecule has 4 unspecified atom stereocenters. The first-order valence-electron chi connectivity index (χ1n) is 10.5. The molecular weight excluding hydrogens is 354 g/mol. The monoisotopic (exact) mass is 389 g/mol. The number of nitrogens with one attached hydrogen (secondary N) is 1. The highest BCUT2D eigenvalue weighted by Gasteiger charge is 2.53. The highest BCUT2D eigenvalue weighted by atomic mass is 16.7. The minimum Gasteiger partial charge on any atom is -0.394 e. The van der Waals surface area contributed by atoms with Crippen molar-refractivity contribution in [3.63, 3.8) is 0 Å². The Labute approximate surface area is 168 Å². The standard InChI is InChI=1S/C14H24O2.C9H11NO2/c1-10-4-5-11-6-14(7-12(10)11)15-8-13(2,3)9-16-14;11-6-9(10-7-12)8-4-2-1-3-5-8/h10-12H,4-9H2,1-3H3;1-5,7,9,11H,6H2,(H,10,12). The number of benzene rings is 1. The Kier molecular flexibility index (Phi) is 6.79. The molecule has 5 nitrogen and oxygen atoms in total. The van der Waals surface area contributed by atoms with Gasteiger partial charge in [0, 0.05) is 18.3 Å². The van der Waals surface area contributed by atoms with Gasteiger partial charge in [-0.05, 0) is 29.7 Å². The maximum absolute atomic E-state index is 10.1. The summed E-state index contributed by atoms with van der Waals surface area (Å²) in [6.45, 7) is 8.48. The van der Waals surface area contributed by atoms with Crippen molar-refractivity contribution in [2.24, 2.45) is 23.2 Å². The van der Waals surface area contributed by atoms with Crippen LogP contribution in [-0.2, 0) is 14.3 Å².